The van der Waals surface area contributed by atoms with Crippen molar-refractivity contribution in [2.75, 3.05) is 31.5 Å². The molecule has 2 N–H and O–H groups in total. The molecule has 0 aliphatic rings. The zero-order valence-electron chi connectivity index (χ0n) is 16.9. The topological polar surface area (TPSA) is 103 Å². The molecule has 0 heterocycles. The van der Waals surface area contributed by atoms with Crippen molar-refractivity contribution in [3.8, 4) is 11.5 Å². The lowest BCUT2D eigenvalue weighted by Crippen LogP contribution is -2.22. The zero-order chi connectivity index (χ0) is 22.1. The highest BCUT2D eigenvalue weighted by Crippen LogP contribution is 2.28. The van der Waals surface area contributed by atoms with E-state index in [2.05, 4.69) is 10.6 Å². The Morgan fingerprint density at radius 1 is 0.933 bits per heavy atom. The second-order valence-corrected chi connectivity index (χ2v) is 6.69. The predicted molar refractivity (Wildman–Crippen MR) is 113 cm³/mol. The summed E-state index contributed by atoms with van der Waals surface area (Å²) in [5.74, 6) is -0.585. The van der Waals surface area contributed by atoms with E-state index in [1.807, 2.05) is 6.92 Å². The molecule has 0 saturated carbocycles. The number of benzene rings is 2. The summed E-state index contributed by atoms with van der Waals surface area (Å²) in [6.07, 6.45) is -0.247. The maximum Gasteiger partial charge on any atom is 0.306 e. The Kier molecular flexibility index (Phi) is 8.49. The highest BCUT2D eigenvalue weighted by atomic mass is 35.5. The lowest BCUT2D eigenvalue weighted by molar-refractivity contribution is -0.147. The number of esters is 1. The lowest BCUT2D eigenvalue weighted by atomic mass is 10.2. The van der Waals surface area contributed by atoms with Gasteiger partial charge in [0.05, 0.1) is 26.3 Å². The van der Waals surface area contributed by atoms with Gasteiger partial charge >= 0.3 is 5.97 Å². The molecule has 0 spiro atoms. The van der Waals surface area contributed by atoms with Crippen LogP contribution in [0.15, 0.2) is 36.4 Å². The second-order valence-electron chi connectivity index (χ2n) is 6.29. The van der Waals surface area contributed by atoms with Gasteiger partial charge in [-0.15, -0.1) is 0 Å². The Balaban J connectivity index is 1.75. The predicted octanol–water partition coefficient (Wildman–Crippen LogP) is 3.57. The van der Waals surface area contributed by atoms with Crippen molar-refractivity contribution < 1.29 is 28.6 Å². The van der Waals surface area contributed by atoms with Gasteiger partial charge in [0.25, 0.3) is 5.91 Å². The molecule has 9 heteroatoms. The standard InChI is InChI=1S/C21H23ClN2O6/c1-13-4-5-14(10-16(13)22)23-19(25)8-9-21(27)30-12-20(26)24-17-7-6-15(28-2)11-18(17)29-3/h4-7,10-11H,8-9,12H2,1-3H3,(H,23,25)(H,24,26). The van der Waals surface area contributed by atoms with Crippen LogP contribution in [-0.2, 0) is 19.1 Å². The molecule has 2 amide bonds. The van der Waals surface area contributed by atoms with Gasteiger partial charge in [-0.25, -0.2) is 0 Å². The number of hydrogen-bond acceptors (Lipinski definition) is 6. The number of ether oxygens (including phenoxy) is 3. The normalized spacial score (nSPS) is 10.1. The Labute approximate surface area is 179 Å². The van der Waals surface area contributed by atoms with Crippen LogP contribution in [0.5, 0.6) is 11.5 Å². The summed E-state index contributed by atoms with van der Waals surface area (Å²) in [6, 6.07) is 10.0. The summed E-state index contributed by atoms with van der Waals surface area (Å²) in [7, 11) is 2.97. The fraction of sp³-hybridized carbons (Fsp3) is 0.286. The number of aryl methyl sites for hydroxylation is 1. The molecule has 0 fully saturated rings. The van der Waals surface area contributed by atoms with Gasteiger partial charge in [-0.1, -0.05) is 17.7 Å². The molecule has 0 radical (unpaired) electrons. The molecule has 2 aromatic carbocycles. The van der Waals surface area contributed by atoms with Gasteiger partial charge in [-0.2, -0.15) is 0 Å². The molecule has 160 valence electrons. The molecule has 0 saturated heterocycles. The van der Waals surface area contributed by atoms with Crippen molar-refractivity contribution in [1.82, 2.24) is 0 Å². The monoisotopic (exact) mass is 434 g/mol. The summed E-state index contributed by atoms with van der Waals surface area (Å²) in [5.41, 5.74) is 1.84. The molecule has 0 bridgehead atoms. The quantitative estimate of drug-likeness (QED) is 0.585. The molecule has 0 aliphatic heterocycles. The van der Waals surface area contributed by atoms with E-state index in [0.29, 0.717) is 27.9 Å². The van der Waals surface area contributed by atoms with Gasteiger partial charge in [0, 0.05) is 23.2 Å². The fourth-order valence-electron chi connectivity index (χ4n) is 2.42. The van der Waals surface area contributed by atoms with E-state index in [-0.39, 0.29) is 18.7 Å². The van der Waals surface area contributed by atoms with Crippen LogP contribution < -0.4 is 20.1 Å². The Bertz CT molecular complexity index is 932. The first kappa shape index (κ1) is 23.0. The molecule has 2 rings (SSSR count). The smallest absolute Gasteiger partial charge is 0.306 e. The minimum absolute atomic E-state index is 0.0851. The molecule has 0 aliphatic carbocycles. The first-order valence-corrected chi connectivity index (χ1v) is 9.43. The van der Waals surface area contributed by atoms with E-state index in [9.17, 15) is 14.4 Å². The molecule has 0 aromatic heterocycles. The number of nitrogens with one attached hydrogen (secondary N) is 2. The summed E-state index contributed by atoms with van der Waals surface area (Å²) >= 11 is 6.01. The number of anilines is 2. The van der Waals surface area contributed by atoms with Gasteiger partial charge in [0.1, 0.15) is 11.5 Å². The van der Waals surface area contributed by atoms with Crippen LogP contribution >= 0.6 is 11.6 Å². The average molecular weight is 435 g/mol. The number of carbonyl (C=O) groups excluding carboxylic acids is 3. The van der Waals surface area contributed by atoms with Crippen LogP contribution in [0.25, 0.3) is 0 Å². The largest absolute Gasteiger partial charge is 0.497 e. The first-order valence-electron chi connectivity index (χ1n) is 9.06. The van der Waals surface area contributed by atoms with Crippen LogP contribution in [0, 0.1) is 6.92 Å². The summed E-state index contributed by atoms with van der Waals surface area (Å²) in [6.45, 7) is 1.37. The number of halogens is 1. The SMILES string of the molecule is COc1ccc(NC(=O)COC(=O)CCC(=O)Nc2ccc(C)c(Cl)c2)c(OC)c1. The third-order valence-corrected chi connectivity index (χ3v) is 4.47. The van der Waals surface area contributed by atoms with Crippen LogP contribution in [0.1, 0.15) is 18.4 Å². The summed E-state index contributed by atoms with van der Waals surface area (Å²) in [5, 5.41) is 5.77. The minimum Gasteiger partial charge on any atom is -0.497 e. The van der Waals surface area contributed by atoms with Crippen LogP contribution in [0.2, 0.25) is 5.02 Å². The molecule has 0 atom stereocenters. The molecule has 30 heavy (non-hydrogen) atoms. The van der Waals surface area contributed by atoms with Crippen molar-refractivity contribution >= 4 is 40.8 Å². The van der Waals surface area contributed by atoms with Gasteiger partial charge < -0.3 is 24.8 Å². The van der Waals surface area contributed by atoms with Crippen molar-refractivity contribution in [3.05, 3.63) is 47.0 Å². The fourth-order valence-corrected chi connectivity index (χ4v) is 2.60. The van der Waals surface area contributed by atoms with Crippen LogP contribution in [-0.4, -0.2) is 38.6 Å². The number of amides is 2. The lowest BCUT2D eigenvalue weighted by Gasteiger charge is -2.12. The molecule has 2 aromatic rings. The first-order chi connectivity index (χ1) is 14.3. The van der Waals surface area contributed by atoms with Gasteiger partial charge in [0.15, 0.2) is 6.61 Å². The van der Waals surface area contributed by atoms with Crippen LogP contribution in [0.4, 0.5) is 11.4 Å². The van der Waals surface area contributed by atoms with E-state index in [4.69, 9.17) is 25.8 Å². The summed E-state index contributed by atoms with van der Waals surface area (Å²) in [4.78, 5) is 35.8. The van der Waals surface area contributed by atoms with Crippen molar-refractivity contribution in [3.63, 3.8) is 0 Å². The maximum atomic E-state index is 12.0. The number of hydrogen-bond donors (Lipinski definition) is 2. The minimum atomic E-state index is -0.663. The van der Waals surface area contributed by atoms with E-state index >= 15 is 0 Å². The van der Waals surface area contributed by atoms with Gasteiger partial charge in [0.2, 0.25) is 5.91 Å². The van der Waals surface area contributed by atoms with E-state index < -0.39 is 18.5 Å². The molecular weight excluding hydrogens is 412 g/mol. The van der Waals surface area contributed by atoms with Crippen LogP contribution in [0.3, 0.4) is 0 Å². The van der Waals surface area contributed by atoms with Crippen molar-refractivity contribution in [1.29, 1.82) is 0 Å². The van der Waals surface area contributed by atoms with Crippen molar-refractivity contribution in [2.24, 2.45) is 0 Å². The van der Waals surface area contributed by atoms with E-state index in [1.165, 1.54) is 14.2 Å². The molecule has 0 unspecified atom stereocenters. The summed E-state index contributed by atoms with van der Waals surface area (Å²) < 4.78 is 15.2. The molecular formula is C21H23ClN2O6. The zero-order valence-corrected chi connectivity index (χ0v) is 17.7. The highest BCUT2D eigenvalue weighted by molar-refractivity contribution is 6.31. The third kappa shape index (κ3) is 6.97. The van der Waals surface area contributed by atoms with E-state index in [1.54, 1.807) is 36.4 Å². The molecule has 8 nitrogen and oxygen atoms in total. The Hall–Kier alpha value is -3.26. The number of carbonyl (C=O) groups is 3. The Morgan fingerprint density at radius 2 is 1.70 bits per heavy atom. The number of rotatable bonds is 9. The maximum absolute atomic E-state index is 12.0. The number of methoxy groups -OCH3 is 2. The van der Waals surface area contributed by atoms with E-state index in [0.717, 1.165) is 5.56 Å². The van der Waals surface area contributed by atoms with Gasteiger partial charge in [-0.3, -0.25) is 14.4 Å². The van der Waals surface area contributed by atoms with Gasteiger partial charge in [-0.05, 0) is 36.8 Å². The Morgan fingerprint density at radius 3 is 2.37 bits per heavy atom. The highest BCUT2D eigenvalue weighted by Gasteiger charge is 2.13. The third-order valence-electron chi connectivity index (χ3n) is 4.06. The average Bonchev–Trinajstić information content (AvgIpc) is 2.73. The van der Waals surface area contributed by atoms with Crippen molar-refractivity contribution in [2.45, 2.75) is 19.8 Å². The second kappa shape index (κ2) is 11.1.